The van der Waals surface area contributed by atoms with E-state index in [-0.39, 0.29) is 15.6 Å². The lowest BCUT2D eigenvalue weighted by Crippen LogP contribution is -2.40. The predicted molar refractivity (Wildman–Crippen MR) is 128 cm³/mol. The molecule has 1 amide bonds. The second-order valence-electron chi connectivity index (χ2n) is 6.95. The SMILES string of the molecule is COc1ccc(N(C(=O)COc2c(C)cc(Br)cc2C)S(=O)(=O)c2ccccc2)cc1Cl. The number of hydrogen-bond acceptors (Lipinski definition) is 5. The number of sulfonamides is 1. The second-order valence-corrected chi connectivity index (χ2v) is 10.1. The molecule has 0 aliphatic carbocycles. The first kappa shape index (κ1) is 24.1. The molecule has 0 fully saturated rings. The van der Waals surface area contributed by atoms with E-state index in [0.29, 0.717) is 15.8 Å². The Morgan fingerprint density at radius 2 is 1.66 bits per heavy atom. The van der Waals surface area contributed by atoms with Gasteiger partial charge in [0.2, 0.25) is 0 Å². The molecule has 0 unspecified atom stereocenters. The van der Waals surface area contributed by atoms with Crippen molar-refractivity contribution in [3.8, 4) is 11.5 Å². The lowest BCUT2D eigenvalue weighted by molar-refractivity contribution is -0.119. The van der Waals surface area contributed by atoms with Crippen LogP contribution in [0, 0.1) is 13.8 Å². The van der Waals surface area contributed by atoms with Gasteiger partial charge in [0, 0.05) is 4.47 Å². The zero-order chi connectivity index (χ0) is 23.5. The van der Waals surface area contributed by atoms with Crippen molar-refractivity contribution >= 4 is 49.1 Å². The Bertz CT molecular complexity index is 1230. The molecule has 0 aliphatic heterocycles. The highest BCUT2D eigenvalue weighted by molar-refractivity contribution is 9.10. The fourth-order valence-electron chi connectivity index (χ4n) is 3.21. The summed E-state index contributed by atoms with van der Waals surface area (Å²) < 4.78 is 39.3. The van der Waals surface area contributed by atoms with Crippen molar-refractivity contribution in [2.75, 3.05) is 18.0 Å². The first-order valence-electron chi connectivity index (χ1n) is 9.51. The first-order valence-corrected chi connectivity index (χ1v) is 12.1. The van der Waals surface area contributed by atoms with Crippen molar-refractivity contribution in [1.82, 2.24) is 0 Å². The molecule has 3 aromatic rings. The quantitative estimate of drug-likeness (QED) is 0.396. The van der Waals surface area contributed by atoms with Crippen molar-refractivity contribution < 1.29 is 22.7 Å². The Morgan fingerprint density at radius 1 is 1.03 bits per heavy atom. The van der Waals surface area contributed by atoms with Gasteiger partial charge in [-0.25, -0.2) is 8.42 Å². The molecule has 0 saturated heterocycles. The van der Waals surface area contributed by atoms with Crippen LogP contribution in [0.3, 0.4) is 0 Å². The van der Waals surface area contributed by atoms with Crippen LogP contribution in [-0.4, -0.2) is 28.0 Å². The molecule has 32 heavy (non-hydrogen) atoms. The number of benzene rings is 3. The fraction of sp³-hybridized carbons (Fsp3) is 0.174. The van der Waals surface area contributed by atoms with Crippen LogP contribution >= 0.6 is 27.5 Å². The predicted octanol–water partition coefficient (Wildman–Crippen LogP) is 5.53. The number of methoxy groups -OCH3 is 1. The zero-order valence-electron chi connectivity index (χ0n) is 17.6. The van der Waals surface area contributed by atoms with Gasteiger partial charge in [0.15, 0.2) is 6.61 Å². The van der Waals surface area contributed by atoms with Crippen LogP contribution in [-0.2, 0) is 14.8 Å². The summed E-state index contributed by atoms with van der Waals surface area (Å²) in [5, 5.41) is 0.173. The minimum absolute atomic E-state index is 0.0312. The van der Waals surface area contributed by atoms with Gasteiger partial charge in [0.1, 0.15) is 11.5 Å². The molecule has 0 heterocycles. The van der Waals surface area contributed by atoms with Crippen LogP contribution in [0.25, 0.3) is 0 Å². The van der Waals surface area contributed by atoms with Crippen molar-refractivity contribution in [2.45, 2.75) is 18.7 Å². The van der Waals surface area contributed by atoms with Gasteiger partial charge in [0.05, 0.1) is 22.7 Å². The lowest BCUT2D eigenvalue weighted by Gasteiger charge is -2.24. The van der Waals surface area contributed by atoms with Gasteiger partial charge in [0.25, 0.3) is 15.9 Å². The van der Waals surface area contributed by atoms with Crippen molar-refractivity contribution in [3.63, 3.8) is 0 Å². The molecule has 9 heteroatoms. The third kappa shape index (κ3) is 5.09. The minimum atomic E-state index is -4.22. The Morgan fingerprint density at radius 3 is 2.22 bits per heavy atom. The number of aryl methyl sites for hydroxylation is 2. The number of halogens is 2. The van der Waals surface area contributed by atoms with Gasteiger partial charge < -0.3 is 9.47 Å². The molecule has 3 rings (SSSR count). The largest absolute Gasteiger partial charge is 0.495 e. The Balaban J connectivity index is 2.01. The monoisotopic (exact) mass is 537 g/mol. The summed E-state index contributed by atoms with van der Waals surface area (Å²) in [6, 6.07) is 15.7. The summed E-state index contributed by atoms with van der Waals surface area (Å²) in [4.78, 5) is 13.2. The maximum atomic E-state index is 13.4. The van der Waals surface area contributed by atoms with E-state index in [4.69, 9.17) is 21.1 Å². The number of hydrogen-bond donors (Lipinski definition) is 0. The zero-order valence-corrected chi connectivity index (χ0v) is 20.8. The van der Waals surface area contributed by atoms with E-state index >= 15 is 0 Å². The average molecular weight is 539 g/mol. The molecule has 0 radical (unpaired) electrons. The summed E-state index contributed by atoms with van der Waals surface area (Å²) in [5.41, 5.74) is 1.71. The van der Waals surface area contributed by atoms with E-state index in [9.17, 15) is 13.2 Å². The maximum Gasteiger partial charge on any atom is 0.278 e. The van der Waals surface area contributed by atoms with Crippen LogP contribution in [0.2, 0.25) is 5.02 Å². The Labute approximate surface area is 200 Å². The molecule has 0 N–H and O–H groups in total. The average Bonchev–Trinajstić information content (AvgIpc) is 2.73. The van der Waals surface area contributed by atoms with E-state index in [1.54, 1.807) is 18.2 Å². The van der Waals surface area contributed by atoms with E-state index in [2.05, 4.69) is 15.9 Å². The number of carbonyl (C=O) groups is 1. The second kappa shape index (κ2) is 9.94. The molecule has 0 spiro atoms. The summed E-state index contributed by atoms with van der Waals surface area (Å²) in [5.74, 6) is 0.112. The van der Waals surface area contributed by atoms with Crippen LogP contribution in [0.4, 0.5) is 5.69 Å². The molecule has 0 aromatic heterocycles. The number of ether oxygens (including phenoxy) is 2. The van der Waals surface area contributed by atoms with Gasteiger partial charge in [-0.3, -0.25) is 4.79 Å². The van der Waals surface area contributed by atoms with Crippen molar-refractivity contribution in [3.05, 3.63) is 81.3 Å². The summed E-state index contributed by atoms with van der Waals surface area (Å²) in [6.45, 7) is 3.21. The maximum absolute atomic E-state index is 13.4. The van der Waals surface area contributed by atoms with Gasteiger partial charge >= 0.3 is 0 Å². The number of amides is 1. The van der Waals surface area contributed by atoms with E-state index < -0.39 is 22.5 Å². The third-order valence-corrected chi connectivity index (χ3v) is 7.16. The van der Waals surface area contributed by atoms with E-state index in [0.717, 1.165) is 15.6 Å². The van der Waals surface area contributed by atoms with Gasteiger partial charge in [-0.2, -0.15) is 4.31 Å². The Kier molecular flexibility index (Phi) is 7.48. The summed E-state index contributed by atoms with van der Waals surface area (Å²) in [7, 11) is -2.78. The van der Waals surface area contributed by atoms with Crippen LogP contribution in [0.15, 0.2) is 70.0 Å². The topological polar surface area (TPSA) is 72.9 Å². The highest BCUT2D eigenvalue weighted by Crippen LogP contribution is 2.33. The standard InChI is InChI=1S/C23H21BrClNO5S/c1-15-11-17(24)12-16(2)23(15)31-14-22(27)26(18-9-10-21(30-3)20(25)13-18)32(28,29)19-7-5-4-6-8-19/h4-13H,14H2,1-3H3. The molecule has 168 valence electrons. The Hall–Kier alpha value is -2.55. The van der Waals surface area contributed by atoms with Gasteiger partial charge in [-0.15, -0.1) is 0 Å². The molecular weight excluding hydrogens is 518 g/mol. The fourth-order valence-corrected chi connectivity index (χ4v) is 5.58. The smallest absolute Gasteiger partial charge is 0.278 e. The molecule has 0 aliphatic rings. The van der Waals surface area contributed by atoms with Gasteiger partial charge in [-0.1, -0.05) is 45.7 Å². The highest BCUT2D eigenvalue weighted by atomic mass is 79.9. The lowest BCUT2D eigenvalue weighted by atomic mass is 10.1. The molecule has 0 saturated carbocycles. The first-order chi connectivity index (χ1) is 15.1. The summed E-state index contributed by atoms with van der Waals surface area (Å²) in [6.07, 6.45) is 0. The summed E-state index contributed by atoms with van der Waals surface area (Å²) >= 11 is 9.63. The molecule has 0 atom stereocenters. The molecule has 0 bridgehead atoms. The van der Waals surface area contributed by atoms with Gasteiger partial charge in [-0.05, 0) is 67.4 Å². The van der Waals surface area contributed by atoms with Crippen molar-refractivity contribution in [1.29, 1.82) is 0 Å². The van der Waals surface area contributed by atoms with Crippen LogP contribution in [0.5, 0.6) is 11.5 Å². The van der Waals surface area contributed by atoms with E-state index in [1.165, 1.54) is 37.4 Å². The third-order valence-electron chi connectivity index (χ3n) is 4.64. The molecular formula is C23H21BrClNO5S. The normalized spacial score (nSPS) is 11.2. The number of nitrogens with zero attached hydrogens (tertiary/aromatic N) is 1. The minimum Gasteiger partial charge on any atom is -0.495 e. The van der Waals surface area contributed by atoms with E-state index in [1.807, 2.05) is 26.0 Å². The number of anilines is 1. The number of rotatable bonds is 7. The van der Waals surface area contributed by atoms with Crippen molar-refractivity contribution in [2.24, 2.45) is 0 Å². The van der Waals surface area contributed by atoms with Crippen LogP contribution in [0.1, 0.15) is 11.1 Å². The molecule has 6 nitrogen and oxygen atoms in total. The number of carbonyl (C=O) groups excluding carboxylic acids is 1. The van der Waals surface area contributed by atoms with Crippen LogP contribution < -0.4 is 13.8 Å². The highest BCUT2D eigenvalue weighted by Gasteiger charge is 2.32. The molecule has 3 aromatic carbocycles.